The van der Waals surface area contributed by atoms with Crippen molar-refractivity contribution in [3.05, 3.63) is 11.6 Å². The number of aliphatic hydroxyl groups excluding tert-OH is 1. The molecule has 3 nitrogen and oxygen atoms in total. The predicted molar refractivity (Wildman–Crippen MR) is 67.6 cm³/mol. The van der Waals surface area contributed by atoms with Gasteiger partial charge >= 0.3 is 0 Å². The van der Waals surface area contributed by atoms with E-state index >= 15 is 0 Å². The van der Waals surface area contributed by atoms with E-state index < -0.39 is 0 Å². The van der Waals surface area contributed by atoms with Gasteiger partial charge in [0.25, 0.3) is 0 Å². The summed E-state index contributed by atoms with van der Waals surface area (Å²) < 4.78 is 0. The van der Waals surface area contributed by atoms with E-state index in [4.69, 9.17) is 0 Å². The highest BCUT2D eigenvalue weighted by Gasteiger charge is 2.24. The fourth-order valence-corrected chi connectivity index (χ4v) is 2.81. The summed E-state index contributed by atoms with van der Waals surface area (Å²) in [5, 5.41) is 12.8. The average Bonchev–Trinajstić information content (AvgIpc) is 2.33. The molecule has 2 rings (SSSR count). The first-order chi connectivity index (χ1) is 8.25. The minimum Gasteiger partial charge on any atom is -0.391 e. The Bertz CT molecular complexity index is 299. The number of rotatable bonds is 3. The van der Waals surface area contributed by atoms with Crippen molar-refractivity contribution in [3.63, 3.8) is 0 Å². The lowest BCUT2D eigenvalue weighted by Crippen LogP contribution is -2.45. The lowest BCUT2D eigenvalue weighted by Gasteiger charge is -2.28. The van der Waals surface area contributed by atoms with Gasteiger partial charge in [0, 0.05) is 6.42 Å². The summed E-state index contributed by atoms with van der Waals surface area (Å²) >= 11 is 0. The minimum atomic E-state index is -0.340. The van der Waals surface area contributed by atoms with Crippen molar-refractivity contribution in [3.8, 4) is 0 Å². The van der Waals surface area contributed by atoms with Crippen molar-refractivity contribution in [2.24, 2.45) is 0 Å². The monoisotopic (exact) mass is 237 g/mol. The maximum absolute atomic E-state index is 11.9. The molecular weight excluding hydrogens is 214 g/mol. The van der Waals surface area contributed by atoms with Crippen LogP contribution in [0.1, 0.15) is 57.8 Å². The molecule has 2 atom stereocenters. The molecule has 0 saturated heterocycles. The molecule has 1 saturated carbocycles. The molecule has 3 heteroatoms. The van der Waals surface area contributed by atoms with Crippen LogP contribution in [0.15, 0.2) is 11.6 Å². The number of hydrogen-bond donors (Lipinski definition) is 2. The fourth-order valence-electron chi connectivity index (χ4n) is 2.81. The molecule has 1 amide bonds. The van der Waals surface area contributed by atoms with Crippen molar-refractivity contribution in [2.75, 3.05) is 0 Å². The van der Waals surface area contributed by atoms with Crippen LogP contribution in [-0.2, 0) is 4.79 Å². The molecule has 17 heavy (non-hydrogen) atoms. The fraction of sp³-hybridized carbons (Fsp3) is 0.786. The zero-order valence-corrected chi connectivity index (χ0v) is 10.5. The van der Waals surface area contributed by atoms with Crippen molar-refractivity contribution >= 4 is 5.91 Å². The summed E-state index contributed by atoms with van der Waals surface area (Å²) in [5.41, 5.74) is 1.28. The van der Waals surface area contributed by atoms with E-state index in [0.717, 1.165) is 38.5 Å². The van der Waals surface area contributed by atoms with Gasteiger partial charge in [0.05, 0.1) is 12.1 Å². The van der Waals surface area contributed by atoms with Crippen LogP contribution < -0.4 is 5.32 Å². The molecular formula is C14H23NO2. The van der Waals surface area contributed by atoms with E-state index in [-0.39, 0.29) is 18.1 Å². The van der Waals surface area contributed by atoms with Crippen molar-refractivity contribution in [2.45, 2.75) is 69.9 Å². The summed E-state index contributed by atoms with van der Waals surface area (Å²) in [6, 6.07) is -0.0135. The molecule has 0 aliphatic heterocycles. The third-order valence-corrected chi connectivity index (χ3v) is 3.85. The molecule has 2 N–H and O–H groups in total. The van der Waals surface area contributed by atoms with Gasteiger partial charge in [0.1, 0.15) is 0 Å². The average molecular weight is 237 g/mol. The summed E-state index contributed by atoms with van der Waals surface area (Å²) in [6.07, 6.45) is 11.0. The Morgan fingerprint density at radius 3 is 2.82 bits per heavy atom. The Balaban J connectivity index is 1.78. The second kappa shape index (κ2) is 6.20. The summed E-state index contributed by atoms with van der Waals surface area (Å²) in [7, 11) is 0. The smallest absolute Gasteiger partial charge is 0.224 e. The lowest BCUT2D eigenvalue weighted by atomic mass is 9.92. The third-order valence-electron chi connectivity index (χ3n) is 3.85. The molecule has 0 bridgehead atoms. The predicted octanol–water partition coefficient (Wildman–Crippen LogP) is 2.30. The van der Waals surface area contributed by atoms with Crippen LogP contribution in [0.5, 0.6) is 0 Å². The van der Waals surface area contributed by atoms with Crippen molar-refractivity contribution in [1.29, 1.82) is 0 Å². The Hall–Kier alpha value is -0.830. The number of allylic oxidation sites excluding steroid dienone is 1. The maximum atomic E-state index is 11.9. The normalized spacial score (nSPS) is 29.6. The molecule has 96 valence electrons. The highest BCUT2D eigenvalue weighted by molar-refractivity contribution is 5.78. The summed E-state index contributed by atoms with van der Waals surface area (Å²) in [4.78, 5) is 11.9. The third kappa shape index (κ3) is 3.84. The Morgan fingerprint density at radius 1 is 1.29 bits per heavy atom. The van der Waals surface area contributed by atoms with Crippen molar-refractivity contribution in [1.82, 2.24) is 5.32 Å². The Morgan fingerprint density at radius 2 is 2.12 bits per heavy atom. The lowest BCUT2D eigenvalue weighted by molar-refractivity contribution is -0.122. The highest BCUT2D eigenvalue weighted by atomic mass is 16.3. The minimum absolute atomic E-state index is 0.0135. The standard InChI is InChI=1S/C14H23NO2/c16-13-9-5-4-8-12(13)15-14(17)10-11-6-2-1-3-7-11/h6,12-13,16H,1-5,7-10H2,(H,15,17). The summed E-state index contributed by atoms with van der Waals surface area (Å²) in [6.45, 7) is 0. The van der Waals surface area contributed by atoms with Crippen LogP contribution in [-0.4, -0.2) is 23.2 Å². The van der Waals surface area contributed by atoms with Crippen molar-refractivity contribution < 1.29 is 9.90 Å². The van der Waals surface area contributed by atoms with E-state index in [0.29, 0.717) is 6.42 Å². The Kier molecular flexibility index (Phi) is 4.60. The van der Waals surface area contributed by atoms with Gasteiger partial charge in [-0.2, -0.15) is 0 Å². The van der Waals surface area contributed by atoms with E-state index in [2.05, 4.69) is 11.4 Å². The molecule has 0 aromatic carbocycles. The molecule has 0 spiro atoms. The van der Waals surface area contributed by atoms with Gasteiger partial charge in [0.15, 0.2) is 0 Å². The molecule has 2 unspecified atom stereocenters. The first-order valence-electron chi connectivity index (χ1n) is 6.91. The van der Waals surface area contributed by atoms with Gasteiger partial charge < -0.3 is 10.4 Å². The van der Waals surface area contributed by atoms with E-state index in [1.807, 2.05) is 0 Å². The van der Waals surface area contributed by atoms with Crippen LogP contribution in [0, 0.1) is 0 Å². The quantitative estimate of drug-likeness (QED) is 0.740. The van der Waals surface area contributed by atoms with Crippen LogP contribution in [0.4, 0.5) is 0 Å². The number of carbonyl (C=O) groups is 1. The zero-order chi connectivity index (χ0) is 12.1. The van der Waals surface area contributed by atoms with E-state index in [1.165, 1.54) is 18.4 Å². The molecule has 0 radical (unpaired) electrons. The maximum Gasteiger partial charge on any atom is 0.224 e. The number of hydrogen-bond acceptors (Lipinski definition) is 2. The zero-order valence-electron chi connectivity index (χ0n) is 10.5. The molecule has 1 fully saturated rings. The van der Waals surface area contributed by atoms with Gasteiger partial charge in [-0.25, -0.2) is 0 Å². The van der Waals surface area contributed by atoms with E-state index in [1.54, 1.807) is 0 Å². The van der Waals surface area contributed by atoms with Gasteiger partial charge in [-0.3, -0.25) is 4.79 Å². The van der Waals surface area contributed by atoms with E-state index in [9.17, 15) is 9.90 Å². The second-order valence-electron chi connectivity index (χ2n) is 5.31. The molecule has 0 heterocycles. The number of carbonyl (C=O) groups excluding carboxylic acids is 1. The van der Waals surface area contributed by atoms with Crippen LogP contribution >= 0.6 is 0 Å². The largest absolute Gasteiger partial charge is 0.391 e. The topological polar surface area (TPSA) is 49.3 Å². The van der Waals surface area contributed by atoms with Gasteiger partial charge in [0.2, 0.25) is 5.91 Å². The van der Waals surface area contributed by atoms with Gasteiger partial charge in [-0.1, -0.05) is 24.5 Å². The highest BCUT2D eigenvalue weighted by Crippen LogP contribution is 2.21. The molecule has 2 aliphatic carbocycles. The van der Waals surface area contributed by atoms with Gasteiger partial charge in [-0.05, 0) is 38.5 Å². The first kappa shape index (κ1) is 12.6. The number of aliphatic hydroxyl groups is 1. The second-order valence-corrected chi connectivity index (χ2v) is 5.31. The van der Waals surface area contributed by atoms with Crippen LogP contribution in [0.2, 0.25) is 0 Å². The number of nitrogens with one attached hydrogen (secondary N) is 1. The van der Waals surface area contributed by atoms with Gasteiger partial charge in [-0.15, -0.1) is 0 Å². The van der Waals surface area contributed by atoms with Crippen LogP contribution in [0.3, 0.4) is 0 Å². The number of amides is 1. The van der Waals surface area contributed by atoms with Crippen LogP contribution in [0.25, 0.3) is 0 Å². The molecule has 0 aromatic heterocycles. The molecule has 0 aromatic rings. The SMILES string of the molecule is O=C(CC1=CCCCC1)NC1CCCCC1O. The molecule has 2 aliphatic rings. The first-order valence-corrected chi connectivity index (χ1v) is 6.91. The Labute approximate surface area is 103 Å². The summed E-state index contributed by atoms with van der Waals surface area (Å²) in [5.74, 6) is 0.0871.